The number of amides is 1. The summed E-state index contributed by atoms with van der Waals surface area (Å²) < 4.78 is 16.2. The number of likely N-dealkylation sites (tertiary alicyclic amines) is 1. The van der Waals surface area contributed by atoms with E-state index in [4.69, 9.17) is 14.2 Å². The lowest BCUT2D eigenvalue weighted by Crippen LogP contribution is -2.38. The zero-order chi connectivity index (χ0) is 14.9. The highest BCUT2D eigenvalue weighted by atomic mass is 16.7. The molecule has 1 amide bonds. The maximum atomic E-state index is 12.3. The third kappa shape index (κ3) is 2.68. The molecule has 2 atom stereocenters. The fraction of sp³-hybridized carbons (Fsp3) is 0.471. The molecule has 1 aromatic carbocycles. The van der Waals surface area contributed by atoms with E-state index in [1.807, 2.05) is 35.3 Å². The van der Waals surface area contributed by atoms with E-state index in [1.54, 1.807) is 0 Å². The predicted molar refractivity (Wildman–Crippen MR) is 80.7 cm³/mol. The maximum absolute atomic E-state index is 12.3. The van der Waals surface area contributed by atoms with Gasteiger partial charge in [0.1, 0.15) is 6.10 Å². The first-order chi connectivity index (χ1) is 10.8. The summed E-state index contributed by atoms with van der Waals surface area (Å²) in [5.74, 6) is 1.68. The Balaban J connectivity index is 1.35. The van der Waals surface area contributed by atoms with E-state index in [0.29, 0.717) is 0 Å². The minimum absolute atomic E-state index is 0.0974. The Morgan fingerprint density at radius 1 is 1.14 bits per heavy atom. The maximum Gasteiger partial charge on any atom is 0.254 e. The van der Waals surface area contributed by atoms with Crippen molar-refractivity contribution in [3.05, 3.63) is 29.8 Å². The second-order valence-electron chi connectivity index (χ2n) is 5.88. The van der Waals surface area contributed by atoms with Crippen molar-refractivity contribution in [2.75, 3.05) is 19.9 Å². The molecule has 5 nitrogen and oxygen atoms in total. The van der Waals surface area contributed by atoms with Crippen LogP contribution < -0.4 is 9.47 Å². The lowest BCUT2D eigenvalue weighted by Gasteiger charge is -2.25. The Kier molecular flexibility index (Phi) is 3.50. The lowest BCUT2D eigenvalue weighted by molar-refractivity contribution is -0.133. The third-order valence-corrected chi connectivity index (χ3v) is 4.31. The molecule has 3 aliphatic heterocycles. The molecule has 0 spiro atoms. The van der Waals surface area contributed by atoms with E-state index < -0.39 is 0 Å². The number of hydrogen-bond acceptors (Lipinski definition) is 4. The van der Waals surface area contributed by atoms with Crippen LogP contribution in [0.1, 0.15) is 24.8 Å². The van der Waals surface area contributed by atoms with E-state index in [2.05, 4.69) is 0 Å². The molecule has 2 saturated heterocycles. The van der Waals surface area contributed by atoms with E-state index >= 15 is 0 Å². The van der Waals surface area contributed by atoms with Crippen LogP contribution in [0.2, 0.25) is 0 Å². The van der Waals surface area contributed by atoms with E-state index in [-0.39, 0.29) is 24.9 Å². The number of rotatable bonds is 3. The Hall–Kier alpha value is -2.01. The van der Waals surface area contributed by atoms with Gasteiger partial charge in [-0.25, -0.2) is 0 Å². The molecule has 0 radical (unpaired) electrons. The molecule has 0 N–H and O–H groups in total. The second-order valence-corrected chi connectivity index (χ2v) is 5.88. The predicted octanol–water partition coefficient (Wildman–Crippen LogP) is 2.21. The van der Waals surface area contributed by atoms with Crippen molar-refractivity contribution in [2.24, 2.45) is 0 Å². The minimum atomic E-state index is -0.289. The van der Waals surface area contributed by atoms with Crippen LogP contribution in [0, 0.1) is 0 Å². The fourth-order valence-electron chi connectivity index (χ4n) is 2.99. The number of hydrogen-bond donors (Lipinski definition) is 0. The normalized spacial score (nSPS) is 26.5. The van der Waals surface area contributed by atoms with Crippen LogP contribution in [0.15, 0.2) is 24.3 Å². The summed E-state index contributed by atoms with van der Waals surface area (Å²) in [6.45, 7) is 2.02. The zero-order valence-corrected chi connectivity index (χ0v) is 12.4. The number of fused-ring (bicyclic) bond motifs is 1. The van der Waals surface area contributed by atoms with Gasteiger partial charge in [0, 0.05) is 13.1 Å². The molecule has 3 aliphatic rings. The topological polar surface area (TPSA) is 51.3 Å². The van der Waals surface area contributed by atoms with Gasteiger partial charge in [-0.2, -0.15) is 0 Å². The number of piperidine rings is 1. The van der Waals surface area contributed by atoms with E-state index in [1.165, 1.54) is 6.42 Å². The van der Waals surface area contributed by atoms with Gasteiger partial charge >= 0.3 is 0 Å². The van der Waals surface area contributed by atoms with Crippen LogP contribution in [0.5, 0.6) is 11.5 Å². The molecule has 5 heteroatoms. The summed E-state index contributed by atoms with van der Waals surface area (Å²) >= 11 is 0. The highest BCUT2D eigenvalue weighted by Crippen LogP contribution is 2.33. The van der Waals surface area contributed by atoms with Crippen LogP contribution in [-0.4, -0.2) is 42.9 Å². The largest absolute Gasteiger partial charge is 0.454 e. The van der Waals surface area contributed by atoms with Gasteiger partial charge in [0.05, 0.1) is 0 Å². The van der Waals surface area contributed by atoms with Crippen LogP contribution in [0.25, 0.3) is 6.08 Å². The van der Waals surface area contributed by atoms with Crippen LogP contribution in [-0.2, 0) is 9.53 Å². The van der Waals surface area contributed by atoms with Crippen molar-refractivity contribution in [3.63, 3.8) is 0 Å². The number of ether oxygens (including phenoxy) is 3. The van der Waals surface area contributed by atoms with Crippen molar-refractivity contribution in [1.29, 1.82) is 0 Å². The highest BCUT2D eigenvalue weighted by Gasteiger charge is 2.45. The fourth-order valence-corrected chi connectivity index (χ4v) is 2.99. The van der Waals surface area contributed by atoms with E-state index in [0.717, 1.165) is 43.0 Å². The molecular formula is C17H19NO4. The average Bonchev–Trinajstić information content (AvgIpc) is 3.20. The van der Waals surface area contributed by atoms with Crippen LogP contribution >= 0.6 is 0 Å². The SMILES string of the molecule is O=C([C@H]1O[C@H]1/C=C/c1ccc2c(c1)OCO2)N1CCCCC1. The van der Waals surface area contributed by atoms with Crippen molar-refractivity contribution >= 4 is 12.0 Å². The number of epoxide rings is 1. The smallest absolute Gasteiger partial charge is 0.254 e. The molecule has 0 bridgehead atoms. The molecule has 3 heterocycles. The van der Waals surface area contributed by atoms with Gasteiger partial charge in [0.15, 0.2) is 17.6 Å². The molecule has 22 heavy (non-hydrogen) atoms. The molecule has 116 valence electrons. The Bertz CT molecular complexity index is 607. The molecule has 0 aromatic heterocycles. The van der Waals surface area contributed by atoms with Crippen molar-refractivity contribution < 1.29 is 19.0 Å². The van der Waals surface area contributed by atoms with Gasteiger partial charge in [0.2, 0.25) is 6.79 Å². The number of benzene rings is 1. The first-order valence-electron chi connectivity index (χ1n) is 7.83. The van der Waals surface area contributed by atoms with Crippen LogP contribution in [0.3, 0.4) is 0 Å². The summed E-state index contributed by atoms with van der Waals surface area (Å²) in [5, 5.41) is 0. The quantitative estimate of drug-likeness (QED) is 0.803. The van der Waals surface area contributed by atoms with Crippen molar-refractivity contribution in [1.82, 2.24) is 4.90 Å². The number of nitrogens with zero attached hydrogens (tertiary/aromatic N) is 1. The Morgan fingerprint density at radius 2 is 1.95 bits per heavy atom. The molecule has 4 rings (SSSR count). The zero-order valence-electron chi connectivity index (χ0n) is 12.4. The standard InChI is InChI=1S/C17H19NO4/c19-17(18-8-2-1-3-9-18)16-14(22-16)7-5-12-4-6-13-15(10-12)21-11-20-13/h4-7,10,14,16H,1-3,8-9,11H2/b7-5+/t14-,16-/m0/s1. The summed E-state index contributed by atoms with van der Waals surface area (Å²) in [4.78, 5) is 14.2. The monoisotopic (exact) mass is 301 g/mol. The van der Waals surface area contributed by atoms with E-state index in [9.17, 15) is 4.79 Å². The summed E-state index contributed by atoms with van der Waals surface area (Å²) in [6, 6.07) is 5.79. The molecule has 0 unspecified atom stereocenters. The number of carbonyl (C=O) groups excluding carboxylic acids is 1. The van der Waals surface area contributed by atoms with Gasteiger partial charge in [-0.1, -0.05) is 18.2 Å². The Morgan fingerprint density at radius 3 is 2.82 bits per heavy atom. The van der Waals surface area contributed by atoms with Gasteiger partial charge in [-0.05, 0) is 37.0 Å². The number of carbonyl (C=O) groups is 1. The molecule has 0 aliphatic carbocycles. The molecule has 2 fully saturated rings. The molecule has 1 aromatic rings. The Labute approximate surface area is 129 Å². The minimum Gasteiger partial charge on any atom is -0.454 e. The molecule has 0 saturated carbocycles. The average molecular weight is 301 g/mol. The van der Waals surface area contributed by atoms with Gasteiger partial charge < -0.3 is 19.1 Å². The second kappa shape index (κ2) is 5.65. The first-order valence-corrected chi connectivity index (χ1v) is 7.83. The van der Waals surface area contributed by atoms with Crippen molar-refractivity contribution in [2.45, 2.75) is 31.5 Å². The molecular weight excluding hydrogens is 282 g/mol. The third-order valence-electron chi connectivity index (χ3n) is 4.31. The summed E-state index contributed by atoms with van der Waals surface area (Å²) in [6.07, 6.45) is 6.97. The summed E-state index contributed by atoms with van der Waals surface area (Å²) in [5.41, 5.74) is 1.02. The lowest BCUT2D eigenvalue weighted by atomic mass is 10.1. The van der Waals surface area contributed by atoms with Crippen molar-refractivity contribution in [3.8, 4) is 11.5 Å². The first kappa shape index (κ1) is 13.6. The van der Waals surface area contributed by atoms with Crippen LogP contribution in [0.4, 0.5) is 0 Å². The summed E-state index contributed by atoms with van der Waals surface area (Å²) in [7, 11) is 0. The highest BCUT2D eigenvalue weighted by molar-refractivity contribution is 5.84. The van der Waals surface area contributed by atoms with Gasteiger partial charge in [-0.15, -0.1) is 0 Å². The van der Waals surface area contributed by atoms with Gasteiger partial charge in [0.25, 0.3) is 5.91 Å². The van der Waals surface area contributed by atoms with Gasteiger partial charge in [-0.3, -0.25) is 4.79 Å².